The van der Waals surface area contributed by atoms with Crippen molar-refractivity contribution < 1.29 is 23.5 Å². The predicted molar refractivity (Wildman–Crippen MR) is 97.5 cm³/mol. The van der Waals surface area contributed by atoms with Crippen LogP contribution in [-0.4, -0.2) is 29.4 Å². The van der Waals surface area contributed by atoms with Crippen LogP contribution in [0.25, 0.3) is 0 Å². The first-order valence-electron chi connectivity index (χ1n) is 9.12. The molecule has 3 amide bonds. The first kappa shape index (κ1) is 18.2. The van der Waals surface area contributed by atoms with Gasteiger partial charge in [0.05, 0.1) is 0 Å². The normalized spacial score (nSPS) is 20.8. The molecule has 1 heterocycles. The Kier molecular flexibility index (Phi) is 4.58. The van der Waals surface area contributed by atoms with Gasteiger partial charge in [-0.3, -0.25) is 14.5 Å². The van der Waals surface area contributed by atoms with Gasteiger partial charge in [-0.2, -0.15) is 0 Å². The third kappa shape index (κ3) is 3.13. The lowest BCUT2D eigenvalue weighted by atomic mass is 9.76. The van der Waals surface area contributed by atoms with Crippen molar-refractivity contribution >= 4 is 17.9 Å². The lowest BCUT2D eigenvalue weighted by Crippen LogP contribution is -2.46. The van der Waals surface area contributed by atoms with Gasteiger partial charge in [-0.15, -0.1) is 0 Å². The number of hydrogen-bond donors (Lipinski definition) is 1. The van der Waals surface area contributed by atoms with Crippen molar-refractivity contribution in [1.29, 1.82) is 0 Å². The summed E-state index contributed by atoms with van der Waals surface area (Å²) in [6.45, 7) is -0.521. The van der Waals surface area contributed by atoms with Crippen molar-refractivity contribution in [3.8, 4) is 0 Å². The summed E-state index contributed by atoms with van der Waals surface area (Å²) in [6, 6.07) is 12.5. The van der Waals surface area contributed by atoms with E-state index in [1.807, 2.05) is 24.3 Å². The van der Waals surface area contributed by atoms with Crippen LogP contribution in [0.3, 0.4) is 0 Å². The SMILES string of the molecule is O=C(CN1C(=O)NC2(CCCc3ccccc32)C1=O)OCc1ccc(F)cc1. The molecule has 2 aliphatic rings. The number of urea groups is 1. The number of fused-ring (bicyclic) bond motifs is 2. The number of rotatable bonds is 4. The summed E-state index contributed by atoms with van der Waals surface area (Å²) in [5.74, 6) is -1.51. The number of esters is 1. The van der Waals surface area contributed by atoms with Gasteiger partial charge in [-0.25, -0.2) is 9.18 Å². The van der Waals surface area contributed by atoms with E-state index in [0.717, 1.165) is 28.9 Å². The van der Waals surface area contributed by atoms with Crippen LogP contribution in [0.15, 0.2) is 48.5 Å². The molecule has 0 saturated carbocycles. The van der Waals surface area contributed by atoms with Crippen molar-refractivity contribution in [1.82, 2.24) is 10.2 Å². The lowest BCUT2D eigenvalue weighted by molar-refractivity contribution is -0.149. The van der Waals surface area contributed by atoms with Crippen molar-refractivity contribution in [3.05, 3.63) is 71.0 Å². The zero-order valence-corrected chi connectivity index (χ0v) is 15.1. The number of hydrogen-bond acceptors (Lipinski definition) is 4. The van der Waals surface area contributed by atoms with E-state index in [1.165, 1.54) is 24.3 Å². The Labute approximate surface area is 161 Å². The molecular weight excluding hydrogens is 363 g/mol. The molecule has 4 rings (SSSR count). The Morgan fingerprint density at radius 1 is 1.14 bits per heavy atom. The summed E-state index contributed by atoms with van der Waals surface area (Å²) in [4.78, 5) is 38.6. The number of amides is 3. The first-order valence-corrected chi connectivity index (χ1v) is 9.12. The first-order chi connectivity index (χ1) is 13.5. The van der Waals surface area contributed by atoms with E-state index in [-0.39, 0.29) is 12.4 Å². The zero-order chi connectivity index (χ0) is 19.7. The minimum absolute atomic E-state index is 0.0588. The molecule has 28 heavy (non-hydrogen) atoms. The Morgan fingerprint density at radius 3 is 2.68 bits per heavy atom. The van der Waals surface area contributed by atoms with Crippen LogP contribution >= 0.6 is 0 Å². The van der Waals surface area contributed by atoms with E-state index >= 15 is 0 Å². The topological polar surface area (TPSA) is 75.7 Å². The Morgan fingerprint density at radius 2 is 1.89 bits per heavy atom. The monoisotopic (exact) mass is 382 g/mol. The summed E-state index contributed by atoms with van der Waals surface area (Å²) in [5, 5.41) is 2.80. The molecule has 6 nitrogen and oxygen atoms in total. The van der Waals surface area contributed by atoms with E-state index in [0.29, 0.717) is 12.0 Å². The fourth-order valence-electron chi connectivity index (χ4n) is 3.87. The molecule has 0 bridgehead atoms. The largest absolute Gasteiger partial charge is 0.459 e. The number of carbonyl (C=O) groups is 3. The molecule has 2 aromatic rings. The molecular formula is C21H19FN2O4. The average Bonchev–Trinajstić information content (AvgIpc) is 2.93. The summed E-state index contributed by atoms with van der Waals surface area (Å²) < 4.78 is 18.1. The summed E-state index contributed by atoms with van der Waals surface area (Å²) >= 11 is 0. The van der Waals surface area contributed by atoms with Crippen LogP contribution in [0, 0.1) is 5.82 Å². The molecule has 144 valence electrons. The third-order valence-electron chi connectivity index (χ3n) is 5.25. The van der Waals surface area contributed by atoms with Gasteiger partial charge in [-0.05, 0) is 48.1 Å². The highest BCUT2D eigenvalue weighted by atomic mass is 19.1. The predicted octanol–water partition coefficient (Wildman–Crippen LogP) is 2.65. The summed E-state index contributed by atoms with van der Waals surface area (Å²) in [6.07, 6.45) is 2.11. The Bertz CT molecular complexity index is 944. The van der Waals surface area contributed by atoms with Crippen molar-refractivity contribution in [2.75, 3.05) is 6.54 Å². The van der Waals surface area contributed by atoms with Crippen LogP contribution < -0.4 is 5.32 Å². The molecule has 7 heteroatoms. The van der Waals surface area contributed by atoms with E-state index in [1.54, 1.807) is 0 Å². The number of nitrogens with one attached hydrogen (secondary N) is 1. The van der Waals surface area contributed by atoms with Gasteiger partial charge in [0.25, 0.3) is 5.91 Å². The second-order valence-electron chi connectivity index (χ2n) is 7.02. The van der Waals surface area contributed by atoms with E-state index in [9.17, 15) is 18.8 Å². The van der Waals surface area contributed by atoms with Crippen molar-refractivity contribution in [2.45, 2.75) is 31.4 Å². The zero-order valence-electron chi connectivity index (χ0n) is 15.1. The Balaban J connectivity index is 1.46. The van der Waals surface area contributed by atoms with Crippen LogP contribution in [0.1, 0.15) is 29.5 Å². The van der Waals surface area contributed by atoms with Crippen LogP contribution in [-0.2, 0) is 32.9 Å². The molecule has 1 aliphatic heterocycles. The van der Waals surface area contributed by atoms with E-state index in [2.05, 4.69) is 5.32 Å². The molecule has 1 fully saturated rings. The highest BCUT2D eigenvalue weighted by Gasteiger charge is 2.54. The fourth-order valence-corrected chi connectivity index (χ4v) is 3.87. The second kappa shape index (κ2) is 7.07. The number of carbonyl (C=O) groups excluding carboxylic acids is 3. The standard InChI is InChI=1S/C21H19FN2O4/c22-16-9-7-14(8-10-16)13-28-18(25)12-24-19(26)21(23-20(24)27)11-3-5-15-4-1-2-6-17(15)21/h1-2,4,6-10H,3,5,11-13H2,(H,23,27). The highest BCUT2D eigenvalue weighted by molar-refractivity contribution is 6.09. The van der Waals surface area contributed by atoms with Gasteiger partial charge in [-0.1, -0.05) is 36.4 Å². The van der Waals surface area contributed by atoms with Crippen molar-refractivity contribution in [3.63, 3.8) is 0 Å². The molecule has 0 radical (unpaired) electrons. The van der Waals surface area contributed by atoms with Crippen LogP contribution in [0.2, 0.25) is 0 Å². The maximum absolute atomic E-state index is 13.1. The number of benzene rings is 2. The van der Waals surface area contributed by atoms with Crippen LogP contribution in [0.5, 0.6) is 0 Å². The molecule has 1 saturated heterocycles. The fraction of sp³-hybridized carbons (Fsp3) is 0.286. The molecule has 1 aliphatic carbocycles. The summed E-state index contributed by atoms with van der Waals surface area (Å²) in [5.41, 5.74) is 1.33. The van der Waals surface area contributed by atoms with E-state index < -0.39 is 30.0 Å². The van der Waals surface area contributed by atoms with E-state index in [4.69, 9.17) is 4.74 Å². The van der Waals surface area contributed by atoms with Gasteiger partial charge in [0, 0.05) is 0 Å². The van der Waals surface area contributed by atoms with Crippen molar-refractivity contribution in [2.24, 2.45) is 0 Å². The number of nitrogens with zero attached hydrogens (tertiary/aromatic N) is 1. The quantitative estimate of drug-likeness (QED) is 0.652. The molecule has 1 N–H and O–H groups in total. The minimum Gasteiger partial charge on any atom is -0.459 e. The molecule has 1 spiro atoms. The maximum atomic E-state index is 13.1. The summed E-state index contributed by atoms with van der Waals surface area (Å²) in [7, 11) is 0. The van der Waals surface area contributed by atoms with Gasteiger partial charge >= 0.3 is 12.0 Å². The molecule has 1 atom stereocenters. The molecule has 0 aromatic heterocycles. The molecule has 1 unspecified atom stereocenters. The average molecular weight is 382 g/mol. The number of imide groups is 1. The Hall–Kier alpha value is -3.22. The van der Waals surface area contributed by atoms with Gasteiger partial charge in [0.1, 0.15) is 24.5 Å². The molecule has 2 aromatic carbocycles. The number of aryl methyl sites for hydroxylation is 1. The number of ether oxygens (including phenoxy) is 1. The third-order valence-corrected chi connectivity index (χ3v) is 5.25. The van der Waals surface area contributed by atoms with Gasteiger partial charge in [0.15, 0.2) is 0 Å². The lowest BCUT2D eigenvalue weighted by Gasteiger charge is -2.33. The van der Waals surface area contributed by atoms with Gasteiger partial charge in [0.2, 0.25) is 0 Å². The second-order valence-corrected chi connectivity index (χ2v) is 7.02. The smallest absolute Gasteiger partial charge is 0.326 e. The number of halogens is 1. The highest BCUT2D eigenvalue weighted by Crippen LogP contribution is 2.39. The van der Waals surface area contributed by atoms with Gasteiger partial charge < -0.3 is 10.1 Å². The minimum atomic E-state index is -1.11. The maximum Gasteiger partial charge on any atom is 0.326 e. The van der Waals surface area contributed by atoms with Crippen LogP contribution in [0.4, 0.5) is 9.18 Å².